The summed E-state index contributed by atoms with van der Waals surface area (Å²) in [4.78, 5) is 32.0. The van der Waals surface area contributed by atoms with Crippen LogP contribution in [0.2, 0.25) is 0 Å². The lowest BCUT2D eigenvalue weighted by molar-refractivity contribution is -0.138. The molecule has 36 heavy (non-hydrogen) atoms. The molecule has 1 N–H and O–H groups in total. The number of benzene rings is 2. The lowest BCUT2D eigenvalue weighted by Gasteiger charge is -2.27. The van der Waals surface area contributed by atoms with Crippen LogP contribution in [0.3, 0.4) is 0 Å². The van der Waals surface area contributed by atoms with Crippen molar-refractivity contribution < 1.29 is 18.5 Å². The number of amides is 2. The van der Waals surface area contributed by atoms with Gasteiger partial charge >= 0.3 is 0 Å². The van der Waals surface area contributed by atoms with Gasteiger partial charge in [-0.25, -0.2) is 4.39 Å². The largest absolute Gasteiger partial charge is 0.343 e. The quantitative estimate of drug-likeness (QED) is 0.492. The third kappa shape index (κ3) is 5.80. The van der Waals surface area contributed by atoms with Gasteiger partial charge in [0.15, 0.2) is 5.82 Å². The summed E-state index contributed by atoms with van der Waals surface area (Å²) < 4.78 is 19.6. The van der Waals surface area contributed by atoms with E-state index >= 15 is 0 Å². The molecule has 2 aromatic carbocycles. The Morgan fingerprint density at radius 1 is 1.00 bits per heavy atom. The van der Waals surface area contributed by atoms with Crippen molar-refractivity contribution >= 4 is 11.8 Å². The summed E-state index contributed by atoms with van der Waals surface area (Å²) in [5.41, 5.74) is 3.02. The van der Waals surface area contributed by atoms with E-state index in [-0.39, 0.29) is 37.0 Å². The molecular weight excluding hydrogens is 459 g/mol. The molecule has 3 unspecified atom stereocenters. The summed E-state index contributed by atoms with van der Waals surface area (Å²) in [6.45, 7) is 7.94. The van der Waals surface area contributed by atoms with E-state index in [1.165, 1.54) is 10.5 Å². The second-order valence-corrected chi connectivity index (χ2v) is 9.95. The Kier molecular flexibility index (Phi) is 7.82. The second-order valence-electron chi connectivity index (χ2n) is 9.95. The Hall–Kier alpha value is -3.55. The number of halogens is 1. The minimum absolute atomic E-state index is 0.0337. The molecule has 8 heteroatoms. The highest BCUT2D eigenvalue weighted by atomic mass is 19.1. The molecule has 4 rings (SSSR count). The Labute approximate surface area is 211 Å². The summed E-state index contributed by atoms with van der Waals surface area (Å²) in [7, 11) is 0. The predicted molar refractivity (Wildman–Crippen MR) is 134 cm³/mol. The van der Waals surface area contributed by atoms with Crippen molar-refractivity contribution in [3.8, 4) is 0 Å². The lowest BCUT2D eigenvalue weighted by atomic mass is 9.95. The fourth-order valence-electron chi connectivity index (χ4n) is 4.44. The van der Waals surface area contributed by atoms with Crippen LogP contribution in [-0.4, -0.2) is 45.6 Å². The lowest BCUT2D eigenvalue weighted by Crippen LogP contribution is -2.47. The van der Waals surface area contributed by atoms with E-state index in [9.17, 15) is 14.0 Å². The van der Waals surface area contributed by atoms with Gasteiger partial charge in [-0.3, -0.25) is 9.59 Å². The smallest absolute Gasteiger partial charge is 0.243 e. The Balaban J connectivity index is 1.53. The fourth-order valence-corrected chi connectivity index (χ4v) is 4.44. The van der Waals surface area contributed by atoms with E-state index in [0.29, 0.717) is 11.8 Å². The first kappa shape index (κ1) is 25.5. The van der Waals surface area contributed by atoms with Gasteiger partial charge in [0.2, 0.25) is 17.7 Å². The van der Waals surface area contributed by atoms with Crippen LogP contribution < -0.4 is 5.32 Å². The summed E-state index contributed by atoms with van der Waals surface area (Å²) in [5, 5.41) is 6.94. The zero-order valence-corrected chi connectivity index (χ0v) is 21.1. The molecule has 1 aliphatic heterocycles. The van der Waals surface area contributed by atoms with E-state index in [4.69, 9.17) is 4.52 Å². The van der Waals surface area contributed by atoms with Gasteiger partial charge in [-0.15, -0.1) is 0 Å². The maximum Gasteiger partial charge on any atom is 0.243 e. The normalized spacial score (nSPS) is 18.6. The molecule has 2 amide bonds. The van der Waals surface area contributed by atoms with Crippen LogP contribution in [-0.2, 0) is 16.0 Å². The first-order valence-electron chi connectivity index (χ1n) is 12.4. The summed E-state index contributed by atoms with van der Waals surface area (Å²) in [5.74, 6) is 0.305. The van der Waals surface area contributed by atoms with Gasteiger partial charge in [-0.1, -0.05) is 87.4 Å². The number of aromatic nitrogens is 2. The van der Waals surface area contributed by atoms with Gasteiger partial charge in [-0.05, 0) is 22.6 Å². The topological polar surface area (TPSA) is 88.3 Å². The van der Waals surface area contributed by atoms with Gasteiger partial charge < -0.3 is 14.7 Å². The SMILES string of the molecule is CC(C)c1ccc(C(NC(=O)C2CC(F)CN2C(=O)Cc2noc(C(C)C)n2)c2ccccc2)cc1. The predicted octanol–water partition coefficient (Wildman–Crippen LogP) is 4.70. The first-order valence-corrected chi connectivity index (χ1v) is 12.4. The van der Waals surface area contributed by atoms with E-state index in [1.54, 1.807) is 0 Å². The van der Waals surface area contributed by atoms with Crippen molar-refractivity contribution in [1.29, 1.82) is 0 Å². The zero-order valence-electron chi connectivity index (χ0n) is 21.1. The number of nitrogens with zero attached hydrogens (tertiary/aromatic N) is 3. The highest BCUT2D eigenvalue weighted by Crippen LogP contribution is 2.27. The molecule has 1 saturated heterocycles. The number of hydrogen-bond acceptors (Lipinski definition) is 5. The van der Waals surface area contributed by atoms with Crippen LogP contribution in [0.5, 0.6) is 0 Å². The summed E-state index contributed by atoms with van der Waals surface area (Å²) in [6, 6.07) is 16.4. The molecule has 190 valence electrons. The minimum atomic E-state index is -1.28. The number of carbonyl (C=O) groups is 2. The van der Waals surface area contributed by atoms with Crippen molar-refractivity contribution in [3.05, 3.63) is 83.0 Å². The summed E-state index contributed by atoms with van der Waals surface area (Å²) in [6.07, 6.45) is -1.47. The monoisotopic (exact) mass is 492 g/mol. The highest BCUT2D eigenvalue weighted by Gasteiger charge is 2.40. The maximum atomic E-state index is 14.5. The maximum absolute atomic E-state index is 14.5. The third-order valence-electron chi connectivity index (χ3n) is 6.52. The number of likely N-dealkylation sites (tertiary alicyclic amines) is 1. The Bertz CT molecular complexity index is 1180. The van der Waals surface area contributed by atoms with Crippen LogP contribution in [0, 0.1) is 0 Å². The van der Waals surface area contributed by atoms with Crippen molar-refractivity contribution in [2.45, 2.75) is 70.6 Å². The molecule has 0 saturated carbocycles. The zero-order chi connectivity index (χ0) is 25.8. The van der Waals surface area contributed by atoms with Crippen LogP contribution in [0.15, 0.2) is 59.1 Å². The molecule has 3 aromatic rings. The van der Waals surface area contributed by atoms with Gasteiger partial charge in [-0.2, -0.15) is 4.98 Å². The van der Waals surface area contributed by atoms with Crippen LogP contribution in [0.4, 0.5) is 4.39 Å². The molecule has 1 fully saturated rings. The molecule has 7 nitrogen and oxygen atoms in total. The van der Waals surface area contributed by atoms with E-state index < -0.39 is 24.2 Å². The average molecular weight is 493 g/mol. The van der Waals surface area contributed by atoms with Gasteiger partial charge in [0, 0.05) is 12.3 Å². The fraction of sp³-hybridized carbons (Fsp3) is 0.429. The van der Waals surface area contributed by atoms with E-state index in [2.05, 4.69) is 41.4 Å². The first-order chi connectivity index (χ1) is 17.2. The second kappa shape index (κ2) is 11.0. The average Bonchev–Trinajstić information content (AvgIpc) is 3.50. The molecule has 2 heterocycles. The van der Waals surface area contributed by atoms with Gasteiger partial charge in [0.1, 0.15) is 12.2 Å². The van der Waals surface area contributed by atoms with Crippen molar-refractivity contribution in [1.82, 2.24) is 20.4 Å². The van der Waals surface area contributed by atoms with Crippen molar-refractivity contribution in [2.24, 2.45) is 0 Å². The van der Waals surface area contributed by atoms with Crippen LogP contribution in [0.1, 0.15) is 80.4 Å². The number of rotatable bonds is 8. The molecule has 1 aliphatic rings. The highest BCUT2D eigenvalue weighted by molar-refractivity contribution is 5.89. The Morgan fingerprint density at radius 3 is 2.25 bits per heavy atom. The molecule has 0 bridgehead atoms. The standard InChI is InChI=1S/C28H33FN4O3/c1-17(2)19-10-12-21(13-11-19)26(20-8-6-5-7-9-20)31-27(35)23-14-22(29)16-33(23)25(34)15-24-30-28(18(3)4)36-32-24/h5-13,17-18,22-23,26H,14-16H2,1-4H3,(H,31,35). The van der Waals surface area contributed by atoms with Crippen LogP contribution >= 0.6 is 0 Å². The van der Waals surface area contributed by atoms with Gasteiger partial charge in [0.05, 0.1) is 19.0 Å². The van der Waals surface area contributed by atoms with Crippen molar-refractivity contribution in [3.63, 3.8) is 0 Å². The number of alkyl halides is 1. The minimum Gasteiger partial charge on any atom is -0.343 e. The third-order valence-corrected chi connectivity index (χ3v) is 6.52. The van der Waals surface area contributed by atoms with Gasteiger partial charge in [0.25, 0.3) is 0 Å². The summed E-state index contributed by atoms with van der Waals surface area (Å²) >= 11 is 0. The molecular formula is C28H33FN4O3. The van der Waals surface area contributed by atoms with Crippen molar-refractivity contribution in [2.75, 3.05) is 6.54 Å². The molecule has 0 spiro atoms. The van der Waals surface area contributed by atoms with E-state index in [0.717, 1.165) is 11.1 Å². The van der Waals surface area contributed by atoms with E-state index in [1.807, 2.05) is 56.3 Å². The molecule has 0 aliphatic carbocycles. The molecule has 0 radical (unpaired) electrons. The Morgan fingerprint density at radius 2 is 1.64 bits per heavy atom. The van der Waals surface area contributed by atoms with Crippen LogP contribution in [0.25, 0.3) is 0 Å². The molecule has 1 aromatic heterocycles. The number of nitrogens with one attached hydrogen (secondary N) is 1. The number of carbonyl (C=O) groups excluding carboxylic acids is 2. The number of hydrogen-bond donors (Lipinski definition) is 1. The molecule has 3 atom stereocenters.